The summed E-state index contributed by atoms with van der Waals surface area (Å²) in [6.07, 6.45) is 0.132. The molecule has 0 radical (unpaired) electrons. The average Bonchev–Trinajstić information content (AvgIpc) is 2.71. The van der Waals surface area contributed by atoms with E-state index < -0.39 is 5.97 Å². The summed E-state index contributed by atoms with van der Waals surface area (Å²) in [7, 11) is 1.60. The summed E-state index contributed by atoms with van der Waals surface area (Å²) in [5.74, 6) is -0.00418. The molecule has 138 valence electrons. The number of fused-ring (bicyclic) bond motifs is 1. The van der Waals surface area contributed by atoms with E-state index in [9.17, 15) is 9.59 Å². The van der Waals surface area contributed by atoms with E-state index >= 15 is 0 Å². The highest BCUT2D eigenvalue weighted by molar-refractivity contribution is 5.89. The molecule has 1 amide bonds. The Balaban J connectivity index is 1.47. The van der Waals surface area contributed by atoms with Crippen LogP contribution < -0.4 is 10.1 Å². The zero-order valence-corrected chi connectivity index (χ0v) is 15.1. The lowest BCUT2D eigenvalue weighted by Crippen LogP contribution is -2.28. The van der Waals surface area contributed by atoms with Gasteiger partial charge in [-0.2, -0.15) is 0 Å². The molecule has 0 aliphatic heterocycles. The normalized spacial score (nSPS) is 10.4. The molecular formula is C22H21NO4. The molecule has 0 unspecified atom stereocenters. The molecule has 3 aromatic rings. The number of esters is 1. The smallest absolute Gasteiger partial charge is 0.310 e. The molecule has 0 atom stereocenters. The van der Waals surface area contributed by atoms with E-state index in [1.54, 1.807) is 7.11 Å². The maximum absolute atomic E-state index is 12.1. The highest BCUT2D eigenvalue weighted by Crippen LogP contribution is 2.19. The van der Waals surface area contributed by atoms with Gasteiger partial charge in [-0.15, -0.1) is 0 Å². The van der Waals surface area contributed by atoms with Gasteiger partial charge in [-0.1, -0.05) is 54.6 Å². The standard InChI is InChI=1S/C22H21NO4/c1-26-19-11-9-16(10-12-19)14-23-21(24)15-27-22(25)13-18-7-4-6-17-5-2-3-8-20(17)18/h2-12H,13-15H2,1H3,(H,23,24). The Morgan fingerprint density at radius 1 is 0.926 bits per heavy atom. The molecule has 3 rings (SSSR count). The van der Waals surface area contributed by atoms with E-state index in [1.165, 1.54) is 0 Å². The maximum atomic E-state index is 12.1. The second kappa shape index (κ2) is 8.85. The number of amides is 1. The summed E-state index contributed by atoms with van der Waals surface area (Å²) in [5, 5.41) is 4.81. The Morgan fingerprint density at radius 3 is 2.44 bits per heavy atom. The minimum atomic E-state index is -0.425. The van der Waals surface area contributed by atoms with Crippen LogP contribution in [-0.2, 0) is 27.3 Å². The second-order valence-electron chi connectivity index (χ2n) is 6.10. The molecule has 0 spiro atoms. The van der Waals surface area contributed by atoms with E-state index in [2.05, 4.69) is 5.32 Å². The van der Waals surface area contributed by atoms with Crippen LogP contribution in [0.25, 0.3) is 10.8 Å². The predicted molar refractivity (Wildman–Crippen MR) is 103 cm³/mol. The van der Waals surface area contributed by atoms with Gasteiger partial charge >= 0.3 is 5.97 Å². The van der Waals surface area contributed by atoms with Gasteiger partial charge in [0.15, 0.2) is 6.61 Å². The number of carbonyl (C=O) groups is 2. The lowest BCUT2D eigenvalue weighted by molar-refractivity contribution is -0.147. The van der Waals surface area contributed by atoms with Gasteiger partial charge in [-0.25, -0.2) is 0 Å². The third kappa shape index (κ3) is 5.07. The number of benzene rings is 3. The molecular weight excluding hydrogens is 342 g/mol. The van der Waals surface area contributed by atoms with Crippen molar-refractivity contribution in [3.63, 3.8) is 0 Å². The van der Waals surface area contributed by atoms with Gasteiger partial charge in [0.2, 0.25) is 0 Å². The van der Waals surface area contributed by atoms with Gasteiger partial charge in [0.05, 0.1) is 13.5 Å². The van der Waals surface area contributed by atoms with Crippen molar-refractivity contribution >= 4 is 22.6 Å². The molecule has 27 heavy (non-hydrogen) atoms. The van der Waals surface area contributed by atoms with E-state index in [1.807, 2.05) is 66.7 Å². The van der Waals surface area contributed by atoms with E-state index in [0.717, 1.165) is 27.6 Å². The van der Waals surface area contributed by atoms with Gasteiger partial charge in [0.1, 0.15) is 5.75 Å². The van der Waals surface area contributed by atoms with E-state index in [0.29, 0.717) is 6.54 Å². The highest BCUT2D eigenvalue weighted by Gasteiger charge is 2.10. The zero-order chi connectivity index (χ0) is 19.1. The molecule has 0 heterocycles. The van der Waals surface area contributed by atoms with Crippen molar-refractivity contribution < 1.29 is 19.1 Å². The SMILES string of the molecule is COc1ccc(CNC(=O)COC(=O)Cc2cccc3ccccc23)cc1. The van der Waals surface area contributed by atoms with Crippen LogP contribution in [-0.4, -0.2) is 25.6 Å². The van der Waals surface area contributed by atoms with Crippen LogP contribution in [0.15, 0.2) is 66.7 Å². The minimum absolute atomic E-state index is 0.132. The molecule has 0 saturated heterocycles. The second-order valence-corrected chi connectivity index (χ2v) is 6.10. The number of ether oxygens (including phenoxy) is 2. The number of hydrogen-bond donors (Lipinski definition) is 1. The quantitative estimate of drug-likeness (QED) is 0.655. The summed E-state index contributed by atoms with van der Waals surface area (Å²) < 4.78 is 10.2. The minimum Gasteiger partial charge on any atom is -0.497 e. The molecule has 3 aromatic carbocycles. The van der Waals surface area contributed by atoms with Gasteiger partial charge in [0, 0.05) is 6.54 Å². The van der Waals surface area contributed by atoms with Gasteiger partial charge < -0.3 is 14.8 Å². The number of hydrogen-bond acceptors (Lipinski definition) is 4. The molecule has 0 aliphatic carbocycles. The molecule has 0 bridgehead atoms. The number of nitrogens with one attached hydrogen (secondary N) is 1. The Hall–Kier alpha value is -3.34. The first-order valence-electron chi connectivity index (χ1n) is 8.67. The summed E-state index contributed by atoms with van der Waals surface area (Å²) in [6.45, 7) is 0.0729. The summed E-state index contributed by atoms with van der Waals surface area (Å²) >= 11 is 0. The van der Waals surface area contributed by atoms with Gasteiger partial charge in [-0.3, -0.25) is 9.59 Å². The summed E-state index contributed by atoms with van der Waals surface area (Å²) in [6, 6.07) is 21.0. The maximum Gasteiger partial charge on any atom is 0.310 e. The first-order valence-corrected chi connectivity index (χ1v) is 8.67. The average molecular weight is 363 g/mol. The highest BCUT2D eigenvalue weighted by atomic mass is 16.5. The Kier molecular flexibility index (Phi) is 6.05. The fraction of sp³-hybridized carbons (Fsp3) is 0.182. The van der Waals surface area contributed by atoms with Crippen LogP contribution in [0.1, 0.15) is 11.1 Å². The Morgan fingerprint density at radius 2 is 1.67 bits per heavy atom. The first kappa shape index (κ1) is 18.5. The molecule has 5 heteroatoms. The van der Waals surface area contributed by atoms with Crippen molar-refractivity contribution in [3.8, 4) is 5.75 Å². The lowest BCUT2D eigenvalue weighted by Gasteiger charge is -2.09. The molecule has 0 aliphatic rings. The van der Waals surface area contributed by atoms with E-state index in [4.69, 9.17) is 9.47 Å². The van der Waals surface area contributed by atoms with Crippen LogP contribution in [0, 0.1) is 0 Å². The van der Waals surface area contributed by atoms with Crippen LogP contribution in [0.4, 0.5) is 0 Å². The fourth-order valence-electron chi connectivity index (χ4n) is 2.79. The number of carbonyl (C=O) groups excluding carboxylic acids is 2. The lowest BCUT2D eigenvalue weighted by atomic mass is 10.0. The topological polar surface area (TPSA) is 64.6 Å². The van der Waals surface area contributed by atoms with Crippen molar-refractivity contribution in [3.05, 3.63) is 77.9 Å². The largest absolute Gasteiger partial charge is 0.497 e. The molecule has 1 N–H and O–H groups in total. The van der Waals surface area contributed by atoms with Gasteiger partial charge in [-0.05, 0) is 34.0 Å². The van der Waals surface area contributed by atoms with Crippen LogP contribution in [0.2, 0.25) is 0 Å². The Labute approximate surface area is 157 Å². The first-order chi connectivity index (χ1) is 13.2. The van der Waals surface area contributed by atoms with E-state index in [-0.39, 0.29) is 18.9 Å². The fourth-order valence-corrected chi connectivity index (χ4v) is 2.79. The molecule has 0 aromatic heterocycles. The third-order valence-electron chi connectivity index (χ3n) is 4.23. The molecule has 0 fully saturated rings. The van der Waals surface area contributed by atoms with Crippen molar-refractivity contribution in [1.82, 2.24) is 5.32 Å². The van der Waals surface area contributed by atoms with Crippen LogP contribution in [0.5, 0.6) is 5.75 Å². The predicted octanol–water partition coefficient (Wildman–Crippen LogP) is 3.25. The number of methoxy groups -OCH3 is 1. The van der Waals surface area contributed by atoms with Crippen LogP contribution in [0.3, 0.4) is 0 Å². The number of rotatable bonds is 7. The summed E-state index contributed by atoms with van der Waals surface area (Å²) in [5.41, 5.74) is 1.82. The van der Waals surface area contributed by atoms with Crippen molar-refractivity contribution in [2.45, 2.75) is 13.0 Å². The van der Waals surface area contributed by atoms with Crippen LogP contribution >= 0.6 is 0 Å². The Bertz CT molecular complexity index is 929. The van der Waals surface area contributed by atoms with Gasteiger partial charge in [0.25, 0.3) is 5.91 Å². The molecule has 5 nitrogen and oxygen atoms in total. The monoisotopic (exact) mass is 363 g/mol. The van der Waals surface area contributed by atoms with Crippen molar-refractivity contribution in [2.24, 2.45) is 0 Å². The third-order valence-corrected chi connectivity index (χ3v) is 4.23. The zero-order valence-electron chi connectivity index (χ0n) is 15.1. The van der Waals surface area contributed by atoms with Crippen molar-refractivity contribution in [2.75, 3.05) is 13.7 Å². The van der Waals surface area contributed by atoms with Crippen molar-refractivity contribution in [1.29, 1.82) is 0 Å². The molecule has 0 saturated carbocycles. The summed E-state index contributed by atoms with van der Waals surface area (Å²) in [4.78, 5) is 24.0.